The number of thiophene rings is 1. The van der Waals surface area contributed by atoms with Crippen molar-refractivity contribution in [3.8, 4) is 0 Å². The van der Waals surface area contributed by atoms with Gasteiger partial charge in [-0.1, -0.05) is 22.9 Å². The highest BCUT2D eigenvalue weighted by Gasteiger charge is 2.12. The van der Waals surface area contributed by atoms with Crippen LogP contribution in [-0.2, 0) is 11.3 Å². The Kier molecular flexibility index (Phi) is 4.84. The van der Waals surface area contributed by atoms with Gasteiger partial charge in [0.05, 0.1) is 32.1 Å². The summed E-state index contributed by atoms with van der Waals surface area (Å²) < 4.78 is 8.10. The van der Waals surface area contributed by atoms with Crippen molar-refractivity contribution in [2.75, 3.05) is 7.11 Å². The Morgan fingerprint density at radius 2 is 2.04 bits per heavy atom. The van der Waals surface area contributed by atoms with Crippen molar-refractivity contribution in [1.29, 1.82) is 0 Å². The highest BCUT2D eigenvalue weighted by Crippen LogP contribution is 2.23. The van der Waals surface area contributed by atoms with Crippen molar-refractivity contribution in [3.63, 3.8) is 0 Å². The number of fused-ring (bicyclic) bond motifs is 1. The molecule has 5 nitrogen and oxygen atoms in total. The number of carbonyl (C=O) groups is 2. The number of hydrogen-bond acceptors (Lipinski definition) is 5. The fourth-order valence-corrected chi connectivity index (χ4v) is 4.34. The van der Waals surface area contributed by atoms with Gasteiger partial charge in [0.2, 0.25) is 0 Å². The first-order valence-corrected chi connectivity index (χ1v) is 9.10. The van der Waals surface area contributed by atoms with Crippen molar-refractivity contribution < 1.29 is 14.3 Å². The van der Waals surface area contributed by atoms with Crippen LogP contribution >= 0.6 is 34.3 Å². The number of thiazole rings is 1. The van der Waals surface area contributed by atoms with E-state index in [1.54, 1.807) is 24.3 Å². The maximum atomic E-state index is 12.3. The van der Waals surface area contributed by atoms with Crippen LogP contribution in [0, 0.1) is 0 Å². The predicted molar refractivity (Wildman–Crippen MR) is 96.1 cm³/mol. The number of carbonyl (C=O) groups excluding carboxylic acids is 2. The summed E-state index contributed by atoms with van der Waals surface area (Å²) in [6, 6.07) is 8.64. The highest BCUT2D eigenvalue weighted by atomic mass is 35.5. The summed E-state index contributed by atoms with van der Waals surface area (Å²) in [5, 5.41) is 0. The number of benzene rings is 1. The molecule has 0 unspecified atom stereocenters. The molecular weight excluding hydrogens is 368 g/mol. The molecule has 2 aromatic heterocycles. The smallest absolute Gasteiger partial charge is 0.337 e. The van der Waals surface area contributed by atoms with E-state index < -0.39 is 5.97 Å². The SMILES string of the molecule is CCn1c(=NC(=O)c2ccc(Cl)s2)sc2cc(C(=O)OC)ccc21. The number of methoxy groups -OCH3 is 1. The molecule has 0 N–H and O–H groups in total. The van der Waals surface area contributed by atoms with Crippen molar-refractivity contribution in [2.24, 2.45) is 4.99 Å². The van der Waals surface area contributed by atoms with Gasteiger partial charge in [0.15, 0.2) is 4.80 Å². The monoisotopic (exact) mass is 380 g/mol. The van der Waals surface area contributed by atoms with E-state index in [2.05, 4.69) is 4.99 Å². The quantitative estimate of drug-likeness (QED) is 0.646. The molecule has 0 radical (unpaired) electrons. The molecule has 0 fully saturated rings. The van der Waals surface area contributed by atoms with Crippen LogP contribution in [0.4, 0.5) is 0 Å². The number of amides is 1. The Morgan fingerprint density at radius 3 is 2.67 bits per heavy atom. The lowest BCUT2D eigenvalue weighted by Gasteiger charge is -2.01. The number of aryl methyl sites for hydroxylation is 1. The lowest BCUT2D eigenvalue weighted by atomic mass is 10.2. The van der Waals surface area contributed by atoms with Crippen molar-refractivity contribution in [2.45, 2.75) is 13.5 Å². The van der Waals surface area contributed by atoms with E-state index in [9.17, 15) is 9.59 Å². The highest BCUT2D eigenvalue weighted by molar-refractivity contribution is 7.18. The largest absolute Gasteiger partial charge is 0.465 e. The molecule has 0 spiro atoms. The first kappa shape index (κ1) is 16.9. The average Bonchev–Trinajstić information content (AvgIpc) is 3.16. The predicted octanol–water partition coefficient (Wildman–Crippen LogP) is 3.97. The third-order valence-corrected chi connectivity index (χ3v) is 5.66. The van der Waals surface area contributed by atoms with Gasteiger partial charge < -0.3 is 9.30 Å². The summed E-state index contributed by atoms with van der Waals surface area (Å²) in [6.45, 7) is 2.64. The first-order chi connectivity index (χ1) is 11.5. The Balaban J connectivity index is 2.11. The van der Waals surface area contributed by atoms with Crippen molar-refractivity contribution in [1.82, 2.24) is 4.57 Å². The van der Waals surface area contributed by atoms with Gasteiger partial charge in [-0.2, -0.15) is 4.99 Å². The number of rotatable bonds is 3. The van der Waals surface area contributed by atoms with Crippen LogP contribution in [0.1, 0.15) is 27.0 Å². The number of halogens is 1. The second-order valence-electron chi connectivity index (χ2n) is 4.82. The minimum absolute atomic E-state index is 0.325. The van der Waals surface area contributed by atoms with Gasteiger partial charge >= 0.3 is 5.97 Å². The molecule has 8 heteroatoms. The van der Waals surface area contributed by atoms with Crippen molar-refractivity contribution in [3.05, 3.63) is 49.9 Å². The van der Waals surface area contributed by atoms with Crippen LogP contribution in [0.3, 0.4) is 0 Å². The zero-order chi connectivity index (χ0) is 17.3. The lowest BCUT2D eigenvalue weighted by Crippen LogP contribution is -2.15. The Labute approximate surface area is 150 Å². The van der Waals surface area contributed by atoms with Gasteiger partial charge in [0, 0.05) is 6.54 Å². The van der Waals surface area contributed by atoms with Crippen molar-refractivity contribution >= 4 is 56.4 Å². The normalized spacial score (nSPS) is 11.9. The zero-order valence-corrected chi connectivity index (χ0v) is 15.3. The molecule has 1 amide bonds. The van der Waals surface area contributed by atoms with Gasteiger partial charge in [0.1, 0.15) is 0 Å². The van der Waals surface area contributed by atoms with Crippen LogP contribution in [0.2, 0.25) is 4.34 Å². The standard InChI is InChI=1S/C16H13ClN2O3S2/c1-3-19-10-5-4-9(15(21)22-2)8-12(10)24-16(19)18-14(20)11-6-7-13(17)23-11/h4-8H,3H2,1-2H3. The molecule has 1 aromatic carbocycles. The lowest BCUT2D eigenvalue weighted by molar-refractivity contribution is 0.0601. The van der Waals surface area contributed by atoms with E-state index in [-0.39, 0.29) is 5.91 Å². The summed E-state index contributed by atoms with van der Waals surface area (Å²) >= 11 is 8.43. The van der Waals surface area contributed by atoms with E-state index >= 15 is 0 Å². The zero-order valence-electron chi connectivity index (χ0n) is 12.9. The number of aromatic nitrogens is 1. The fraction of sp³-hybridized carbons (Fsp3) is 0.188. The molecule has 3 aromatic rings. The minimum Gasteiger partial charge on any atom is -0.465 e. The van der Waals surface area contributed by atoms with E-state index in [0.29, 0.717) is 26.1 Å². The number of nitrogens with zero attached hydrogens (tertiary/aromatic N) is 2. The molecule has 3 rings (SSSR count). The third kappa shape index (κ3) is 3.15. The third-order valence-electron chi connectivity index (χ3n) is 3.40. The number of hydrogen-bond donors (Lipinski definition) is 0. The minimum atomic E-state index is -0.392. The van der Waals surface area contributed by atoms with E-state index in [1.165, 1.54) is 29.8 Å². The molecule has 0 aliphatic rings. The van der Waals surface area contributed by atoms with Crippen LogP contribution in [-0.4, -0.2) is 23.6 Å². The Hall–Kier alpha value is -1.96. The van der Waals surface area contributed by atoms with Gasteiger partial charge in [-0.05, 0) is 37.3 Å². The Bertz CT molecular complexity index is 1000. The summed E-state index contributed by atoms with van der Waals surface area (Å²) in [6.07, 6.45) is 0. The van der Waals surface area contributed by atoms with Crippen LogP contribution in [0.15, 0.2) is 35.3 Å². The molecule has 0 aliphatic carbocycles. The Morgan fingerprint density at radius 1 is 1.25 bits per heavy atom. The number of esters is 1. The fourth-order valence-electron chi connectivity index (χ4n) is 2.28. The van der Waals surface area contributed by atoms with E-state index in [4.69, 9.17) is 16.3 Å². The molecule has 0 atom stereocenters. The summed E-state index contributed by atoms with van der Waals surface area (Å²) in [7, 11) is 1.35. The second-order valence-corrected chi connectivity index (χ2v) is 7.55. The molecule has 24 heavy (non-hydrogen) atoms. The van der Waals surface area contributed by atoms with Crippen LogP contribution in [0.25, 0.3) is 10.2 Å². The molecule has 124 valence electrons. The van der Waals surface area contributed by atoms with Crippen LogP contribution < -0.4 is 4.80 Å². The molecular formula is C16H13ClN2O3S2. The molecule has 2 heterocycles. The summed E-state index contributed by atoms with van der Waals surface area (Å²) in [5.41, 5.74) is 1.39. The molecule has 0 bridgehead atoms. The number of ether oxygens (including phenoxy) is 1. The van der Waals surface area contributed by atoms with Gasteiger partial charge in [-0.15, -0.1) is 11.3 Å². The van der Waals surface area contributed by atoms with Gasteiger partial charge in [-0.3, -0.25) is 4.79 Å². The maximum absolute atomic E-state index is 12.3. The first-order valence-electron chi connectivity index (χ1n) is 7.09. The van der Waals surface area contributed by atoms with Crippen LogP contribution in [0.5, 0.6) is 0 Å². The van der Waals surface area contributed by atoms with Gasteiger partial charge in [-0.25, -0.2) is 4.79 Å². The average molecular weight is 381 g/mol. The summed E-state index contributed by atoms with van der Waals surface area (Å²) in [5.74, 6) is -0.718. The topological polar surface area (TPSA) is 60.7 Å². The summed E-state index contributed by atoms with van der Waals surface area (Å²) in [4.78, 5) is 29.3. The second kappa shape index (κ2) is 6.88. The van der Waals surface area contributed by atoms with E-state index in [0.717, 1.165) is 10.2 Å². The maximum Gasteiger partial charge on any atom is 0.337 e. The van der Waals surface area contributed by atoms with Gasteiger partial charge in [0.25, 0.3) is 5.91 Å². The molecule has 0 saturated carbocycles. The molecule has 0 saturated heterocycles. The molecule has 0 aliphatic heterocycles. The van der Waals surface area contributed by atoms with E-state index in [1.807, 2.05) is 17.6 Å².